The summed E-state index contributed by atoms with van der Waals surface area (Å²) in [5.74, 6) is -0.220. The van der Waals surface area contributed by atoms with Crippen LogP contribution in [0.5, 0.6) is 0 Å². The van der Waals surface area contributed by atoms with Crippen LogP contribution >= 0.6 is 15.9 Å². The third kappa shape index (κ3) is 4.15. The molecular weight excluding hydrogens is 317 g/mol. The topological polar surface area (TPSA) is 12.0 Å². The molecule has 2 aromatic rings. The Balaban J connectivity index is 2.20. The first-order valence-electron chi connectivity index (χ1n) is 6.93. The van der Waals surface area contributed by atoms with Gasteiger partial charge in [0.05, 0.1) is 4.47 Å². The summed E-state index contributed by atoms with van der Waals surface area (Å²) in [6.07, 6.45) is 1.98. The summed E-state index contributed by atoms with van der Waals surface area (Å²) in [6.45, 7) is 3.10. The molecule has 0 aromatic heterocycles. The number of hydrogen-bond donors (Lipinski definition) is 1. The molecule has 20 heavy (non-hydrogen) atoms. The summed E-state index contributed by atoms with van der Waals surface area (Å²) in [6, 6.07) is 15.8. The highest BCUT2D eigenvalue weighted by Crippen LogP contribution is 2.24. The van der Waals surface area contributed by atoms with Crippen LogP contribution in [0.15, 0.2) is 53.0 Å². The van der Waals surface area contributed by atoms with Crippen LogP contribution in [0.2, 0.25) is 0 Å². The van der Waals surface area contributed by atoms with Gasteiger partial charge in [-0.2, -0.15) is 0 Å². The predicted octanol–water partition coefficient (Wildman–Crippen LogP) is 4.87. The van der Waals surface area contributed by atoms with Gasteiger partial charge < -0.3 is 5.32 Å². The fourth-order valence-electron chi connectivity index (χ4n) is 2.21. The zero-order valence-electron chi connectivity index (χ0n) is 11.6. The summed E-state index contributed by atoms with van der Waals surface area (Å²) in [5, 5.41) is 3.54. The van der Waals surface area contributed by atoms with Crippen molar-refractivity contribution in [3.8, 4) is 0 Å². The van der Waals surface area contributed by atoms with Crippen LogP contribution in [-0.2, 0) is 6.42 Å². The van der Waals surface area contributed by atoms with E-state index >= 15 is 0 Å². The molecule has 1 unspecified atom stereocenters. The van der Waals surface area contributed by atoms with E-state index in [1.54, 1.807) is 0 Å². The molecule has 0 bridgehead atoms. The van der Waals surface area contributed by atoms with E-state index in [4.69, 9.17) is 0 Å². The minimum Gasteiger partial charge on any atom is -0.310 e. The lowest BCUT2D eigenvalue weighted by Crippen LogP contribution is -2.24. The van der Waals surface area contributed by atoms with Crippen molar-refractivity contribution >= 4 is 15.9 Å². The third-order valence-electron chi connectivity index (χ3n) is 3.27. The largest absolute Gasteiger partial charge is 0.310 e. The first-order valence-corrected chi connectivity index (χ1v) is 7.72. The molecule has 1 atom stereocenters. The maximum absolute atomic E-state index is 13.4. The van der Waals surface area contributed by atoms with Gasteiger partial charge in [-0.25, -0.2) is 4.39 Å². The number of nitrogens with one attached hydrogen (secondary N) is 1. The minimum atomic E-state index is -0.220. The lowest BCUT2D eigenvalue weighted by atomic mass is 9.98. The van der Waals surface area contributed by atoms with Crippen molar-refractivity contribution in [3.05, 3.63) is 69.9 Å². The number of hydrogen-bond acceptors (Lipinski definition) is 1. The maximum Gasteiger partial charge on any atom is 0.137 e. The zero-order chi connectivity index (χ0) is 14.4. The van der Waals surface area contributed by atoms with Crippen molar-refractivity contribution < 1.29 is 4.39 Å². The van der Waals surface area contributed by atoms with Gasteiger partial charge in [0.15, 0.2) is 0 Å². The highest BCUT2D eigenvalue weighted by Gasteiger charge is 2.13. The number of halogens is 2. The lowest BCUT2D eigenvalue weighted by Gasteiger charge is -2.19. The van der Waals surface area contributed by atoms with Crippen LogP contribution in [0.3, 0.4) is 0 Å². The van der Waals surface area contributed by atoms with Crippen molar-refractivity contribution in [2.24, 2.45) is 0 Å². The Bertz CT molecular complexity index is 542. The average molecular weight is 336 g/mol. The van der Waals surface area contributed by atoms with Crippen LogP contribution in [-0.4, -0.2) is 6.54 Å². The molecule has 1 nitrogen and oxygen atoms in total. The fourth-order valence-corrected chi connectivity index (χ4v) is 2.60. The van der Waals surface area contributed by atoms with Crippen molar-refractivity contribution in [1.29, 1.82) is 0 Å². The molecule has 0 saturated carbocycles. The SMILES string of the molecule is CCCNC(Cc1ccccc1)c1ccc(F)c(Br)c1. The smallest absolute Gasteiger partial charge is 0.137 e. The molecule has 1 N–H and O–H groups in total. The van der Waals surface area contributed by atoms with Crippen molar-refractivity contribution in [3.63, 3.8) is 0 Å². The third-order valence-corrected chi connectivity index (χ3v) is 3.88. The molecule has 3 heteroatoms. The van der Waals surface area contributed by atoms with Gasteiger partial charge in [0.25, 0.3) is 0 Å². The first-order chi connectivity index (χ1) is 9.70. The summed E-state index contributed by atoms with van der Waals surface area (Å²) in [5.41, 5.74) is 2.39. The standard InChI is InChI=1S/C17H19BrFN/c1-2-10-20-17(11-13-6-4-3-5-7-13)14-8-9-16(19)15(18)12-14/h3-9,12,17,20H,2,10-11H2,1H3. The van der Waals surface area contributed by atoms with Crippen LogP contribution in [0.4, 0.5) is 4.39 Å². The number of rotatable bonds is 6. The second kappa shape index (κ2) is 7.55. The van der Waals surface area contributed by atoms with E-state index < -0.39 is 0 Å². The second-order valence-corrected chi connectivity index (χ2v) is 5.72. The minimum absolute atomic E-state index is 0.203. The molecule has 0 spiro atoms. The molecule has 0 aliphatic heterocycles. The lowest BCUT2D eigenvalue weighted by molar-refractivity contribution is 0.527. The highest BCUT2D eigenvalue weighted by molar-refractivity contribution is 9.10. The van der Waals surface area contributed by atoms with E-state index in [1.807, 2.05) is 30.3 Å². The maximum atomic E-state index is 13.4. The predicted molar refractivity (Wildman–Crippen MR) is 85.3 cm³/mol. The monoisotopic (exact) mass is 335 g/mol. The molecule has 0 fully saturated rings. The van der Waals surface area contributed by atoms with Gasteiger partial charge in [0.2, 0.25) is 0 Å². The molecule has 0 radical (unpaired) electrons. The molecule has 0 aliphatic rings. The van der Waals surface area contributed by atoms with Crippen LogP contribution in [0, 0.1) is 5.82 Å². The molecule has 0 saturated heterocycles. The van der Waals surface area contributed by atoms with Gasteiger partial charge in [-0.1, -0.05) is 43.3 Å². The van der Waals surface area contributed by atoms with Crippen molar-refractivity contribution in [1.82, 2.24) is 5.32 Å². The average Bonchev–Trinajstić information content (AvgIpc) is 2.47. The Labute approximate surface area is 128 Å². The fraction of sp³-hybridized carbons (Fsp3) is 0.294. The van der Waals surface area contributed by atoms with Crippen LogP contribution in [0.25, 0.3) is 0 Å². The van der Waals surface area contributed by atoms with Gasteiger partial charge in [-0.3, -0.25) is 0 Å². The Morgan fingerprint density at radius 3 is 2.55 bits per heavy atom. The van der Waals surface area contributed by atoms with Crippen LogP contribution in [0.1, 0.15) is 30.5 Å². The normalized spacial score (nSPS) is 12.3. The summed E-state index contributed by atoms with van der Waals surface area (Å²) in [7, 11) is 0. The van der Waals surface area contributed by atoms with Gasteiger partial charge in [-0.05, 0) is 58.6 Å². The quantitative estimate of drug-likeness (QED) is 0.793. The second-order valence-electron chi connectivity index (χ2n) is 4.87. The van der Waals surface area contributed by atoms with E-state index in [2.05, 4.69) is 40.3 Å². The van der Waals surface area contributed by atoms with E-state index in [9.17, 15) is 4.39 Å². The van der Waals surface area contributed by atoms with Gasteiger partial charge in [0, 0.05) is 6.04 Å². The Morgan fingerprint density at radius 2 is 1.90 bits per heavy atom. The molecule has 0 aliphatic carbocycles. The van der Waals surface area contributed by atoms with Gasteiger partial charge >= 0.3 is 0 Å². The van der Waals surface area contributed by atoms with Gasteiger partial charge in [-0.15, -0.1) is 0 Å². The Kier molecular flexibility index (Phi) is 5.74. The molecule has 2 aromatic carbocycles. The van der Waals surface area contributed by atoms with E-state index in [-0.39, 0.29) is 11.9 Å². The Hall–Kier alpha value is -1.19. The zero-order valence-corrected chi connectivity index (χ0v) is 13.2. The van der Waals surface area contributed by atoms with Gasteiger partial charge in [0.1, 0.15) is 5.82 Å². The van der Waals surface area contributed by atoms with Crippen LogP contribution < -0.4 is 5.32 Å². The number of benzene rings is 2. The molecule has 0 amide bonds. The summed E-state index contributed by atoms with van der Waals surface area (Å²) < 4.78 is 13.9. The summed E-state index contributed by atoms with van der Waals surface area (Å²) >= 11 is 3.27. The molecule has 2 rings (SSSR count). The molecule has 0 heterocycles. The highest BCUT2D eigenvalue weighted by atomic mass is 79.9. The molecule has 106 valence electrons. The van der Waals surface area contributed by atoms with E-state index in [0.29, 0.717) is 4.47 Å². The van der Waals surface area contributed by atoms with Crippen molar-refractivity contribution in [2.75, 3.05) is 6.54 Å². The summed E-state index contributed by atoms with van der Waals surface area (Å²) in [4.78, 5) is 0. The molecular formula is C17H19BrFN. The first kappa shape index (κ1) is 15.2. The Morgan fingerprint density at radius 1 is 1.15 bits per heavy atom. The van der Waals surface area contributed by atoms with Crippen molar-refractivity contribution in [2.45, 2.75) is 25.8 Å². The van der Waals surface area contributed by atoms with E-state index in [1.165, 1.54) is 11.6 Å². The van der Waals surface area contributed by atoms with E-state index in [0.717, 1.165) is 24.9 Å².